The molecule has 0 aromatic rings. The summed E-state index contributed by atoms with van der Waals surface area (Å²) in [7, 11) is 0. The second-order valence-electron chi connectivity index (χ2n) is 0. The summed E-state index contributed by atoms with van der Waals surface area (Å²) in [6.45, 7) is 0. The minimum Gasteiger partial charge on any atom is 0 e. The molecule has 0 amide bonds. The fraction of sp³-hybridized carbons (Fsp3) is 0. The van der Waals surface area contributed by atoms with Gasteiger partial charge in [0.25, 0.3) is 0 Å². The first-order valence-corrected chi connectivity index (χ1v) is 0. The van der Waals surface area contributed by atoms with Gasteiger partial charge in [-0.1, -0.05) is 0 Å². The maximum Gasteiger partial charge on any atom is 0.316 e. The third-order valence-corrected chi connectivity index (χ3v) is 0. The SMILES string of the molecule is [MgH2].[Ni].[Si].[W]. The van der Waals surface area contributed by atoms with Crippen LogP contribution in [0.25, 0.3) is 0 Å². The summed E-state index contributed by atoms with van der Waals surface area (Å²) in [4.78, 5) is 0. The normalized spacial score (nSPS) is 0. The molecular formula is H2MgNiSiW. The summed E-state index contributed by atoms with van der Waals surface area (Å²) < 4.78 is 0. The monoisotopic (exact) mass is 296 g/mol. The van der Waals surface area contributed by atoms with Gasteiger partial charge in [0, 0.05) is 48.5 Å². The molecule has 0 aromatic heterocycles. The van der Waals surface area contributed by atoms with Gasteiger partial charge in [0.1, 0.15) is 0 Å². The predicted molar refractivity (Wildman–Crippen MR) is 14.3 cm³/mol. The zero-order valence-corrected chi connectivity index (χ0v) is 6.15. The van der Waals surface area contributed by atoms with Crippen LogP contribution in [-0.4, -0.2) is 34.0 Å². The van der Waals surface area contributed by atoms with Gasteiger partial charge in [-0.25, -0.2) is 0 Å². The van der Waals surface area contributed by atoms with Gasteiger partial charge in [-0.3, -0.25) is 0 Å². The molecule has 0 aliphatic heterocycles. The smallest absolute Gasteiger partial charge is 0 e. The molecule has 4 heavy (non-hydrogen) atoms. The van der Waals surface area contributed by atoms with Gasteiger partial charge in [-0.05, 0) is 0 Å². The van der Waals surface area contributed by atoms with E-state index in [1.807, 2.05) is 0 Å². The van der Waals surface area contributed by atoms with Crippen molar-refractivity contribution in [2.75, 3.05) is 0 Å². The minimum atomic E-state index is 0. The molecule has 0 aromatic carbocycles. The van der Waals surface area contributed by atoms with Crippen molar-refractivity contribution in [1.82, 2.24) is 0 Å². The molecule has 0 rings (SSSR count). The maximum absolute atomic E-state index is 0. The molecule has 4 radical (unpaired) electrons. The van der Waals surface area contributed by atoms with Crippen LogP contribution in [0, 0.1) is 0 Å². The van der Waals surface area contributed by atoms with Crippen molar-refractivity contribution in [3.8, 4) is 0 Å². The third-order valence-electron chi connectivity index (χ3n) is 0. The van der Waals surface area contributed by atoms with Crippen LogP contribution in [-0.2, 0) is 37.6 Å². The van der Waals surface area contributed by atoms with Crippen molar-refractivity contribution in [3.63, 3.8) is 0 Å². The first-order valence-electron chi connectivity index (χ1n) is 0. The Bertz CT molecular complexity index is 8.00. The Morgan fingerprint density at radius 3 is 1.00 bits per heavy atom. The summed E-state index contributed by atoms with van der Waals surface area (Å²) in [5.41, 5.74) is 0. The molecule has 0 unspecified atom stereocenters. The number of rotatable bonds is 0. The second kappa shape index (κ2) is 19.1. The summed E-state index contributed by atoms with van der Waals surface area (Å²) in [6.07, 6.45) is 0. The number of hydrogen-bond donors (Lipinski definition) is 0. The zero-order chi connectivity index (χ0) is 0. The molecule has 0 saturated carbocycles. The first-order chi connectivity index (χ1) is 0. The Kier molecular flexibility index (Phi) is 168. The van der Waals surface area contributed by atoms with E-state index >= 15 is 0 Å². The topological polar surface area (TPSA) is 0 Å². The van der Waals surface area contributed by atoms with Gasteiger partial charge in [-0.2, -0.15) is 0 Å². The molecule has 0 spiro atoms. The molecule has 0 fully saturated rings. The van der Waals surface area contributed by atoms with Crippen LogP contribution in [0.15, 0.2) is 0 Å². The van der Waals surface area contributed by atoms with E-state index in [1.165, 1.54) is 0 Å². The van der Waals surface area contributed by atoms with Crippen molar-refractivity contribution < 1.29 is 37.6 Å². The predicted octanol–water partition coefficient (Wildman–Crippen LogP) is -1.30. The largest absolute Gasteiger partial charge is 0.316 e. The first kappa shape index (κ1) is 35.1. The average molecular weight is 297 g/mol. The second-order valence-corrected chi connectivity index (χ2v) is 0. The van der Waals surface area contributed by atoms with Crippen molar-refractivity contribution in [2.24, 2.45) is 0 Å². The van der Waals surface area contributed by atoms with Gasteiger partial charge in [0.15, 0.2) is 0 Å². The van der Waals surface area contributed by atoms with E-state index < -0.39 is 0 Å². The van der Waals surface area contributed by atoms with E-state index in [0.29, 0.717) is 0 Å². The van der Waals surface area contributed by atoms with Crippen LogP contribution in [0.1, 0.15) is 0 Å². The average Bonchev–Trinajstić information content (AvgIpc) is 0. The van der Waals surface area contributed by atoms with Crippen LogP contribution >= 0.6 is 0 Å². The molecule has 24 valence electrons. The fourth-order valence-electron chi connectivity index (χ4n) is 0. The van der Waals surface area contributed by atoms with Crippen LogP contribution in [0.5, 0.6) is 0 Å². The van der Waals surface area contributed by atoms with Crippen LogP contribution in [0.4, 0.5) is 0 Å². The summed E-state index contributed by atoms with van der Waals surface area (Å²) in [5, 5.41) is 0. The van der Waals surface area contributed by atoms with Crippen molar-refractivity contribution >= 4 is 34.0 Å². The Morgan fingerprint density at radius 2 is 1.00 bits per heavy atom. The van der Waals surface area contributed by atoms with Crippen molar-refractivity contribution in [2.45, 2.75) is 0 Å². The van der Waals surface area contributed by atoms with Crippen LogP contribution in [0.3, 0.4) is 0 Å². The summed E-state index contributed by atoms with van der Waals surface area (Å²) in [5.74, 6) is 0. The Balaban J connectivity index is 0. The maximum atomic E-state index is 0. The molecule has 0 aliphatic carbocycles. The summed E-state index contributed by atoms with van der Waals surface area (Å²) >= 11 is 0. The van der Waals surface area contributed by atoms with E-state index in [2.05, 4.69) is 0 Å². The van der Waals surface area contributed by atoms with Gasteiger partial charge in [0.05, 0.1) is 0 Å². The Labute approximate surface area is 70.8 Å². The van der Waals surface area contributed by atoms with Crippen LogP contribution < -0.4 is 0 Å². The van der Waals surface area contributed by atoms with E-state index in [9.17, 15) is 0 Å². The molecule has 0 N–H and O–H groups in total. The minimum absolute atomic E-state index is 0. The third kappa shape index (κ3) is 8.90. The molecule has 0 bridgehead atoms. The molecule has 0 nitrogen and oxygen atoms in total. The fourth-order valence-corrected chi connectivity index (χ4v) is 0. The Morgan fingerprint density at radius 1 is 1.00 bits per heavy atom. The molecule has 0 aliphatic rings. The standard InChI is InChI=1S/Mg.Ni.Si.W.2H. The van der Waals surface area contributed by atoms with Gasteiger partial charge < -0.3 is 0 Å². The molecule has 0 heterocycles. The van der Waals surface area contributed by atoms with Gasteiger partial charge in [0.2, 0.25) is 0 Å². The molecule has 0 saturated heterocycles. The molecular weight excluding hydrogens is 295 g/mol. The van der Waals surface area contributed by atoms with E-state index in [0.717, 1.165) is 0 Å². The van der Waals surface area contributed by atoms with Crippen molar-refractivity contribution in [1.29, 1.82) is 0 Å². The quantitative estimate of drug-likeness (QED) is 0.488. The van der Waals surface area contributed by atoms with Crippen molar-refractivity contribution in [3.05, 3.63) is 0 Å². The zero-order valence-electron chi connectivity index (χ0n) is 1.22. The van der Waals surface area contributed by atoms with E-state index in [1.54, 1.807) is 0 Å². The van der Waals surface area contributed by atoms with E-state index in [-0.39, 0.29) is 71.6 Å². The van der Waals surface area contributed by atoms with E-state index in [4.69, 9.17) is 0 Å². The number of hydrogen-bond acceptors (Lipinski definition) is 0. The molecule has 0 atom stereocenters. The summed E-state index contributed by atoms with van der Waals surface area (Å²) in [6, 6.07) is 0. The Hall–Kier alpha value is 2.16. The molecule has 4 heteroatoms. The van der Waals surface area contributed by atoms with Crippen LogP contribution in [0.2, 0.25) is 0 Å². The van der Waals surface area contributed by atoms with Gasteiger partial charge >= 0.3 is 23.1 Å². The van der Waals surface area contributed by atoms with Gasteiger partial charge in [-0.15, -0.1) is 0 Å².